The van der Waals surface area contributed by atoms with Crippen LogP contribution in [0.5, 0.6) is 0 Å². The maximum atomic E-state index is 13.2. The van der Waals surface area contributed by atoms with Crippen LogP contribution in [0.2, 0.25) is 0 Å². The predicted molar refractivity (Wildman–Crippen MR) is 143 cm³/mol. The average Bonchev–Trinajstić information content (AvgIpc) is 3.28. The van der Waals surface area contributed by atoms with Gasteiger partial charge in [0.1, 0.15) is 0 Å². The largest absolute Gasteiger partial charge is 0.358 e. The Morgan fingerprint density at radius 3 is 2.47 bits per heavy atom. The Bertz CT molecular complexity index is 1330. The Labute approximate surface area is 212 Å². The van der Waals surface area contributed by atoms with Gasteiger partial charge in [0.25, 0.3) is 5.91 Å². The molecule has 0 spiro atoms. The van der Waals surface area contributed by atoms with E-state index in [9.17, 15) is 4.79 Å². The van der Waals surface area contributed by atoms with Crippen LogP contribution in [0.4, 0.5) is 0 Å². The fourth-order valence-corrected chi connectivity index (χ4v) is 5.64. The topological polar surface area (TPSA) is 64.3 Å². The highest BCUT2D eigenvalue weighted by atomic mass is 16.1. The second kappa shape index (κ2) is 10.2. The summed E-state index contributed by atoms with van der Waals surface area (Å²) in [6.07, 6.45) is 6.67. The molecule has 2 N–H and O–H groups in total. The van der Waals surface area contributed by atoms with E-state index in [1.54, 1.807) is 0 Å². The van der Waals surface area contributed by atoms with Gasteiger partial charge < -0.3 is 10.3 Å². The van der Waals surface area contributed by atoms with Gasteiger partial charge in [-0.3, -0.25) is 19.6 Å². The zero-order valence-electron chi connectivity index (χ0n) is 20.6. The van der Waals surface area contributed by atoms with Crippen molar-refractivity contribution in [2.24, 2.45) is 0 Å². The highest BCUT2D eigenvalue weighted by molar-refractivity contribution is 5.99. The molecule has 1 amide bonds. The number of carbonyl (C=O) groups is 1. The maximum Gasteiger partial charge on any atom is 0.251 e. The number of H-pyrrole nitrogens is 1. The number of benzene rings is 2. The molecule has 1 fully saturated rings. The monoisotopic (exact) mass is 479 g/mol. The van der Waals surface area contributed by atoms with E-state index in [0.717, 1.165) is 69.6 Å². The number of hydrogen-bond donors (Lipinski definition) is 2. The summed E-state index contributed by atoms with van der Waals surface area (Å²) in [7, 11) is 0. The molecule has 36 heavy (non-hydrogen) atoms. The molecule has 0 saturated carbocycles. The van der Waals surface area contributed by atoms with Gasteiger partial charge in [0.2, 0.25) is 0 Å². The fourth-order valence-electron chi connectivity index (χ4n) is 5.64. The second-order valence-corrected chi connectivity index (χ2v) is 10.2. The lowest BCUT2D eigenvalue weighted by Gasteiger charge is -2.32. The van der Waals surface area contributed by atoms with E-state index < -0.39 is 0 Å². The molecule has 0 atom stereocenters. The number of aromatic nitrogens is 2. The average molecular weight is 480 g/mol. The summed E-state index contributed by atoms with van der Waals surface area (Å²) in [4.78, 5) is 25.8. The summed E-state index contributed by atoms with van der Waals surface area (Å²) in [5.41, 5.74) is 7.16. The molecule has 0 aliphatic carbocycles. The van der Waals surface area contributed by atoms with Crippen LogP contribution in [-0.4, -0.2) is 51.4 Å². The predicted octanol–water partition coefficient (Wildman–Crippen LogP) is 4.52. The minimum Gasteiger partial charge on any atom is -0.358 e. The van der Waals surface area contributed by atoms with Crippen molar-refractivity contribution >= 4 is 16.8 Å². The molecule has 4 aromatic rings. The lowest BCUT2D eigenvalue weighted by Crippen LogP contribution is -2.44. The first kappa shape index (κ1) is 23.0. The number of likely N-dealkylation sites (tertiary alicyclic amines) is 1. The molecule has 2 aliphatic heterocycles. The molecule has 6 heteroatoms. The summed E-state index contributed by atoms with van der Waals surface area (Å²) < 4.78 is 0. The van der Waals surface area contributed by atoms with Gasteiger partial charge in [0.05, 0.1) is 0 Å². The summed E-state index contributed by atoms with van der Waals surface area (Å²) in [5, 5.41) is 4.48. The van der Waals surface area contributed by atoms with Gasteiger partial charge in [-0.1, -0.05) is 30.3 Å². The van der Waals surface area contributed by atoms with E-state index >= 15 is 0 Å². The van der Waals surface area contributed by atoms with Crippen molar-refractivity contribution in [2.75, 3.05) is 19.6 Å². The first-order valence-electron chi connectivity index (χ1n) is 13.0. The van der Waals surface area contributed by atoms with Crippen molar-refractivity contribution in [1.82, 2.24) is 25.1 Å². The molecule has 2 aromatic heterocycles. The van der Waals surface area contributed by atoms with Crippen molar-refractivity contribution in [3.8, 4) is 0 Å². The number of rotatable bonds is 6. The van der Waals surface area contributed by atoms with Gasteiger partial charge >= 0.3 is 0 Å². The molecule has 2 aliphatic rings. The lowest BCUT2D eigenvalue weighted by molar-refractivity contribution is 0.0909. The highest BCUT2D eigenvalue weighted by Crippen LogP contribution is 2.29. The lowest BCUT2D eigenvalue weighted by atomic mass is 10.0. The van der Waals surface area contributed by atoms with Gasteiger partial charge in [-0.25, -0.2) is 0 Å². The molecular weight excluding hydrogens is 446 g/mol. The molecule has 2 aromatic carbocycles. The molecule has 6 nitrogen and oxygen atoms in total. The molecule has 0 bridgehead atoms. The molecule has 0 radical (unpaired) electrons. The minimum atomic E-state index is 0.0383. The van der Waals surface area contributed by atoms with E-state index in [0.29, 0.717) is 0 Å². The Balaban J connectivity index is 1.09. The Morgan fingerprint density at radius 2 is 1.67 bits per heavy atom. The third-order valence-corrected chi connectivity index (χ3v) is 7.64. The van der Waals surface area contributed by atoms with Gasteiger partial charge in [-0.15, -0.1) is 0 Å². The smallest absolute Gasteiger partial charge is 0.251 e. The number of fused-ring (bicyclic) bond motifs is 3. The van der Waals surface area contributed by atoms with Crippen molar-refractivity contribution in [3.63, 3.8) is 0 Å². The zero-order valence-corrected chi connectivity index (χ0v) is 20.6. The van der Waals surface area contributed by atoms with Crippen LogP contribution in [0, 0.1) is 0 Å². The molecule has 6 rings (SSSR count). The van der Waals surface area contributed by atoms with Crippen LogP contribution in [0.3, 0.4) is 0 Å². The summed E-state index contributed by atoms with van der Waals surface area (Å²) in [6, 6.07) is 21.1. The first-order chi connectivity index (χ1) is 17.7. The normalized spacial score (nSPS) is 17.2. The van der Waals surface area contributed by atoms with Crippen molar-refractivity contribution < 1.29 is 4.79 Å². The van der Waals surface area contributed by atoms with Crippen LogP contribution in [0.1, 0.15) is 45.6 Å². The van der Waals surface area contributed by atoms with E-state index in [1.807, 2.05) is 18.5 Å². The molecule has 184 valence electrons. The van der Waals surface area contributed by atoms with Crippen LogP contribution < -0.4 is 5.32 Å². The minimum absolute atomic E-state index is 0.0383. The van der Waals surface area contributed by atoms with Crippen LogP contribution in [0.15, 0.2) is 73.1 Å². The second-order valence-electron chi connectivity index (χ2n) is 10.2. The van der Waals surface area contributed by atoms with Gasteiger partial charge in [0, 0.05) is 86.3 Å². The highest BCUT2D eigenvalue weighted by Gasteiger charge is 2.24. The number of hydrogen-bond acceptors (Lipinski definition) is 4. The van der Waals surface area contributed by atoms with Crippen molar-refractivity contribution in [1.29, 1.82) is 0 Å². The number of pyridine rings is 1. The van der Waals surface area contributed by atoms with Crippen molar-refractivity contribution in [2.45, 2.75) is 44.9 Å². The van der Waals surface area contributed by atoms with Gasteiger partial charge in [0.15, 0.2) is 0 Å². The summed E-state index contributed by atoms with van der Waals surface area (Å²) in [5.74, 6) is 0.0383. The quantitative estimate of drug-likeness (QED) is 0.427. The molecule has 0 unspecified atom stereocenters. The Morgan fingerprint density at radius 1 is 0.917 bits per heavy atom. The maximum absolute atomic E-state index is 13.2. The third-order valence-electron chi connectivity index (χ3n) is 7.64. The van der Waals surface area contributed by atoms with Crippen LogP contribution >= 0.6 is 0 Å². The van der Waals surface area contributed by atoms with E-state index in [2.05, 4.69) is 79.7 Å². The van der Waals surface area contributed by atoms with Crippen LogP contribution in [0.25, 0.3) is 10.9 Å². The number of nitrogens with one attached hydrogen (secondary N) is 2. The molecule has 4 heterocycles. The molecule has 1 saturated heterocycles. The number of nitrogens with zero attached hydrogens (tertiary/aromatic N) is 3. The number of amides is 1. The number of piperidine rings is 1. The first-order valence-corrected chi connectivity index (χ1v) is 13.0. The van der Waals surface area contributed by atoms with E-state index in [1.165, 1.54) is 27.8 Å². The molecular formula is C30H33N5O. The summed E-state index contributed by atoms with van der Waals surface area (Å²) >= 11 is 0. The van der Waals surface area contributed by atoms with Gasteiger partial charge in [-0.05, 0) is 59.9 Å². The third kappa shape index (κ3) is 5.06. The standard InChI is InChI=1S/C30H33N5O/c36-30(32-25-10-15-34(16-11-25)19-23-8-13-31-14-9-23)24-6-7-28-26(18-24)27-21-35(17-12-29(27)33-28)20-22-4-2-1-3-5-22/h1-9,13-14,18,25,33H,10-12,15-17,19-21H2,(H,32,36). The Kier molecular flexibility index (Phi) is 6.53. The SMILES string of the molecule is O=C(NC1CCN(Cc2ccncc2)CC1)c1ccc2[nH]c3c(c2c1)CN(Cc1ccccc1)CC3. The van der Waals surface area contributed by atoms with Crippen LogP contribution in [-0.2, 0) is 26.1 Å². The van der Waals surface area contributed by atoms with E-state index in [-0.39, 0.29) is 11.9 Å². The van der Waals surface area contributed by atoms with Gasteiger partial charge in [-0.2, -0.15) is 0 Å². The number of carbonyl (C=O) groups excluding carboxylic acids is 1. The van der Waals surface area contributed by atoms with Crippen molar-refractivity contribution in [3.05, 3.63) is 101 Å². The zero-order chi connectivity index (χ0) is 24.3. The number of aromatic amines is 1. The fraction of sp³-hybridized carbons (Fsp3) is 0.333. The summed E-state index contributed by atoms with van der Waals surface area (Å²) in [6.45, 7) is 5.84. The Hall–Kier alpha value is -3.48. The van der Waals surface area contributed by atoms with E-state index in [4.69, 9.17) is 0 Å².